The van der Waals surface area contributed by atoms with Crippen LogP contribution in [-0.2, 0) is 41.5 Å². The zero-order valence-corrected chi connectivity index (χ0v) is 24.9. The van der Waals surface area contributed by atoms with Crippen LogP contribution in [0.1, 0.15) is 74.9 Å². The average Bonchev–Trinajstić information content (AvgIpc) is 3.50. The molecule has 3 heteroatoms. The number of allylic oxidation sites excluding steroid dienone is 4. The summed E-state index contributed by atoms with van der Waals surface area (Å²) in [4.78, 5) is 0. The zero-order valence-electron chi connectivity index (χ0n) is 20.9. The Balaban J connectivity index is 0.000000400. The molecule has 0 atom stereocenters. The number of hydrogen-bond acceptors (Lipinski definition) is 0. The summed E-state index contributed by atoms with van der Waals surface area (Å²) >= 11 is 1.30. The third-order valence-electron chi connectivity index (χ3n) is 6.99. The molecule has 0 bridgehead atoms. The Morgan fingerprint density at radius 1 is 0.794 bits per heavy atom. The van der Waals surface area contributed by atoms with Gasteiger partial charge in [-0.2, -0.15) is 23.8 Å². The molecule has 0 spiro atoms. The van der Waals surface area contributed by atoms with Crippen LogP contribution in [0.25, 0.3) is 22.3 Å². The van der Waals surface area contributed by atoms with Gasteiger partial charge in [0, 0.05) is 5.41 Å². The molecule has 0 aromatic heterocycles. The van der Waals surface area contributed by atoms with Crippen molar-refractivity contribution in [2.75, 3.05) is 0 Å². The molecule has 34 heavy (non-hydrogen) atoms. The first-order valence-corrected chi connectivity index (χ1v) is 13.1. The van der Waals surface area contributed by atoms with Crippen LogP contribution in [0.3, 0.4) is 0 Å². The zero-order chi connectivity index (χ0) is 23.3. The van der Waals surface area contributed by atoms with Crippen LogP contribution in [0.2, 0.25) is 0 Å². The maximum absolute atomic E-state index is 3.65. The monoisotopic (exact) mass is 564 g/mol. The summed E-state index contributed by atoms with van der Waals surface area (Å²) in [6, 6.07) is 19.8. The van der Waals surface area contributed by atoms with E-state index in [-0.39, 0.29) is 35.6 Å². The third kappa shape index (κ3) is 4.95. The summed E-state index contributed by atoms with van der Waals surface area (Å²) in [5.74, 6) is 0. The second kappa shape index (κ2) is 10.7. The molecular weight excluding hydrogens is 534 g/mol. The molecule has 0 amide bonds. The number of halogens is 2. The molecule has 0 radical (unpaired) electrons. The van der Waals surface area contributed by atoms with E-state index in [1.165, 1.54) is 79.9 Å². The van der Waals surface area contributed by atoms with Gasteiger partial charge in [-0.1, -0.05) is 58.2 Å². The molecule has 3 aromatic carbocycles. The first-order valence-electron chi connectivity index (χ1n) is 11.4. The largest absolute Gasteiger partial charge is 1.00 e. The van der Waals surface area contributed by atoms with Gasteiger partial charge in [-0.15, -0.1) is 11.6 Å². The number of hydrogen-bond donors (Lipinski definition) is 0. The maximum Gasteiger partial charge on any atom is -0.172 e. The van der Waals surface area contributed by atoms with Gasteiger partial charge in [-0.25, -0.2) is 17.7 Å². The number of fused-ring (bicyclic) bond motifs is 5. The van der Waals surface area contributed by atoms with Crippen LogP contribution in [0, 0.1) is 6.08 Å². The fraction of sp³-hybridized carbons (Fsp3) is 0.290. The molecule has 3 aliphatic carbocycles. The molecule has 0 aliphatic heterocycles. The molecule has 6 rings (SSSR count). The van der Waals surface area contributed by atoms with Gasteiger partial charge in [-0.05, 0) is 58.4 Å². The Hall–Kier alpha value is -1.40. The van der Waals surface area contributed by atoms with E-state index >= 15 is 0 Å². The Bertz CT molecular complexity index is 1140. The second-order valence-electron chi connectivity index (χ2n) is 10.2. The van der Waals surface area contributed by atoms with E-state index in [2.05, 4.69) is 82.2 Å². The molecule has 0 heterocycles. The molecule has 0 N–H and O–H groups in total. The molecule has 0 nitrogen and oxygen atoms in total. The Kier molecular flexibility index (Phi) is 9.07. The minimum absolute atomic E-state index is 0. The molecule has 0 unspecified atom stereocenters. The summed E-state index contributed by atoms with van der Waals surface area (Å²) in [6.07, 6.45) is 7.13. The van der Waals surface area contributed by atoms with Crippen molar-refractivity contribution in [1.29, 1.82) is 0 Å². The second-order valence-corrected chi connectivity index (χ2v) is 10.2. The van der Waals surface area contributed by atoms with Crippen LogP contribution in [-0.4, -0.2) is 4.21 Å². The van der Waals surface area contributed by atoms with Crippen molar-refractivity contribution in [2.24, 2.45) is 0 Å². The fourth-order valence-corrected chi connectivity index (χ4v) is 5.60. The quantitative estimate of drug-likeness (QED) is 0.285. The van der Waals surface area contributed by atoms with Crippen molar-refractivity contribution in [3.8, 4) is 11.1 Å². The molecule has 0 fully saturated rings. The summed E-state index contributed by atoms with van der Waals surface area (Å²) in [7, 11) is 0. The standard InChI is InChI=1S/C25H25.C5H5.CH2.2ClH.Zr/c1-14-12-24(3,4)22-8-16-7-17-9-23-19(15(2)13-25(23,5)6)11-21(17)20(16)10-18(14)22;1-2-4-5-3-1;;;;/h8-12H,7H2,1-6H3;1-5H;1H2;2*1H;/q2*-1;;;;+2/p-2. The van der Waals surface area contributed by atoms with Crippen LogP contribution in [0.5, 0.6) is 0 Å². The van der Waals surface area contributed by atoms with E-state index in [9.17, 15) is 0 Å². The van der Waals surface area contributed by atoms with Crippen LogP contribution < -0.4 is 24.8 Å². The van der Waals surface area contributed by atoms with Crippen molar-refractivity contribution in [3.63, 3.8) is 0 Å². The summed E-state index contributed by atoms with van der Waals surface area (Å²) in [5.41, 5.74) is 14.5. The van der Waals surface area contributed by atoms with Crippen molar-refractivity contribution in [1.82, 2.24) is 0 Å². The van der Waals surface area contributed by atoms with Gasteiger partial charge in [-0.3, -0.25) is 6.08 Å². The van der Waals surface area contributed by atoms with Gasteiger partial charge in [0.2, 0.25) is 0 Å². The van der Waals surface area contributed by atoms with E-state index in [1.54, 1.807) is 0 Å². The average molecular weight is 567 g/mol. The molecule has 176 valence electrons. The van der Waals surface area contributed by atoms with Gasteiger partial charge in [0.1, 0.15) is 0 Å². The van der Waals surface area contributed by atoms with Gasteiger partial charge in [0.25, 0.3) is 0 Å². The summed E-state index contributed by atoms with van der Waals surface area (Å²) in [5, 5.41) is 0. The van der Waals surface area contributed by atoms with Crippen LogP contribution in [0.15, 0.2) is 60.7 Å². The predicted octanol–water partition coefficient (Wildman–Crippen LogP) is 1.83. The van der Waals surface area contributed by atoms with E-state index in [4.69, 9.17) is 0 Å². The molecular formula is C31H32Cl2Zr-2. The first kappa shape index (κ1) is 28.8. The molecule has 0 saturated heterocycles. The predicted molar refractivity (Wildman–Crippen MR) is 136 cm³/mol. The SMILES string of the molecule is CC1=[C-]C(C)(C)c2cc3c(cc21)-c1cc2c(cc1C3)C(C)(C)C=C2C.[CH2]=[Zr+2].[Cl-].[Cl-].c1cc[cH-]c1. The van der Waals surface area contributed by atoms with Crippen LogP contribution in [0.4, 0.5) is 0 Å². The Morgan fingerprint density at radius 3 is 1.85 bits per heavy atom. The molecule has 0 saturated carbocycles. The van der Waals surface area contributed by atoms with Crippen molar-refractivity contribution in [2.45, 2.75) is 58.8 Å². The van der Waals surface area contributed by atoms with Crippen LogP contribution >= 0.6 is 0 Å². The summed E-state index contributed by atoms with van der Waals surface area (Å²) < 4.78 is 3.34. The van der Waals surface area contributed by atoms with Gasteiger partial charge < -0.3 is 24.8 Å². The number of benzene rings is 2. The minimum atomic E-state index is 0. The first-order chi connectivity index (χ1) is 15.2. The molecule has 3 aliphatic rings. The molecule has 3 aromatic rings. The van der Waals surface area contributed by atoms with E-state index in [1.807, 2.05) is 30.3 Å². The third-order valence-corrected chi connectivity index (χ3v) is 6.99. The minimum Gasteiger partial charge on any atom is -1.00 e. The normalized spacial score (nSPS) is 16.5. The van der Waals surface area contributed by atoms with Crippen molar-refractivity contribution in [3.05, 3.63) is 100 Å². The van der Waals surface area contributed by atoms with E-state index in [0.29, 0.717) is 0 Å². The van der Waals surface area contributed by atoms with Crippen molar-refractivity contribution < 1.29 is 49.0 Å². The Labute approximate surface area is 233 Å². The van der Waals surface area contributed by atoms with E-state index in [0.717, 1.165) is 6.42 Å². The van der Waals surface area contributed by atoms with E-state index < -0.39 is 0 Å². The van der Waals surface area contributed by atoms with Crippen molar-refractivity contribution >= 4 is 15.4 Å². The van der Waals surface area contributed by atoms with Gasteiger partial charge in [0.05, 0.1) is 0 Å². The maximum atomic E-state index is 3.65. The van der Waals surface area contributed by atoms with Gasteiger partial charge >= 0.3 is 28.4 Å². The smallest absolute Gasteiger partial charge is 0.172 e. The fourth-order valence-electron chi connectivity index (χ4n) is 5.60. The Morgan fingerprint density at radius 2 is 1.32 bits per heavy atom. The topological polar surface area (TPSA) is 0 Å². The summed E-state index contributed by atoms with van der Waals surface area (Å²) in [6.45, 7) is 13.7. The number of rotatable bonds is 0. The van der Waals surface area contributed by atoms with Gasteiger partial charge in [0.15, 0.2) is 0 Å².